The molecule has 4 fully saturated rings. The summed E-state index contributed by atoms with van der Waals surface area (Å²) >= 11 is 0. The lowest BCUT2D eigenvalue weighted by Crippen LogP contribution is -2.61. The van der Waals surface area contributed by atoms with E-state index < -0.39 is 0 Å². The Labute approximate surface area is 154 Å². The SMILES string of the molecule is CC(C)=CCC/C(C)=C/CNCCNC1C2CC3CC(C2)C(O)C1C3. The molecule has 4 rings (SSSR count). The summed E-state index contributed by atoms with van der Waals surface area (Å²) < 4.78 is 0. The molecule has 4 aliphatic rings. The predicted octanol–water partition coefficient (Wildman–Crippen LogP) is 3.65. The van der Waals surface area contributed by atoms with Gasteiger partial charge >= 0.3 is 0 Å². The second-order valence-electron chi connectivity index (χ2n) is 9.04. The van der Waals surface area contributed by atoms with Gasteiger partial charge in [0, 0.05) is 31.6 Å². The van der Waals surface area contributed by atoms with E-state index in [1.807, 2.05) is 0 Å². The molecule has 4 aliphatic carbocycles. The van der Waals surface area contributed by atoms with Crippen LogP contribution in [0.4, 0.5) is 0 Å². The van der Waals surface area contributed by atoms with Crippen molar-refractivity contribution in [1.29, 1.82) is 0 Å². The van der Waals surface area contributed by atoms with Gasteiger partial charge in [0.1, 0.15) is 0 Å². The molecule has 0 spiro atoms. The third-order valence-corrected chi connectivity index (χ3v) is 6.74. The van der Waals surface area contributed by atoms with Gasteiger partial charge in [0.05, 0.1) is 6.10 Å². The van der Waals surface area contributed by atoms with E-state index in [-0.39, 0.29) is 6.10 Å². The minimum absolute atomic E-state index is 0.0374. The van der Waals surface area contributed by atoms with Gasteiger partial charge in [-0.25, -0.2) is 0 Å². The van der Waals surface area contributed by atoms with Crippen molar-refractivity contribution in [2.24, 2.45) is 23.7 Å². The van der Waals surface area contributed by atoms with Gasteiger partial charge in [0.15, 0.2) is 0 Å². The monoisotopic (exact) mass is 346 g/mol. The number of allylic oxidation sites excluding steroid dienone is 3. The van der Waals surface area contributed by atoms with Gasteiger partial charge in [-0.1, -0.05) is 23.3 Å². The van der Waals surface area contributed by atoms with Crippen LogP contribution in [-0.2, 0) is 0 Å². The number of aliphatic hydroxyl groups excluding tert-OH is 1. The molecule has 142 valence electrons. The molecule has 0 aromatic carbocycles. The number of hydrogen-bond donors (Lipinski definition) is 3. The van der Waals surface area contributed by atoms with E-state index in [1.165, 1.54) is 36.8 Å². The lowest BCUT2D eigenvalue weighted by molar-refractivity contribution is -0.112. The van der Waals surface area contributed by atoms with E-state index in [0.717, 1.165) is 44.3 Å². The minimum Gasteiger partial charge on any atom is -0.392 e. The average molecular weight is 347 g/mol. The third kappa shape index (κ3) is 4.96. The van der Waals surface area contributed by atoms with Crippen LogP contribution in [0.3, 0.4) is 0 Å². The summed E-state index contributed by atoms with van der Waals surface area (Å²) in [4.78, 5) is 0. The summed E-state index contributed by atoms with van der Waals surface area (Å²) in [7, 11) is 0. The lowest BCUT2D eigenvalue weighted by atomic mass is 9.53. The van der Waals surface area contributed by atoms with Crippen molar-refractivity contribution >= 4 is 0 Å². The maximum absolute atomic E-state index is 10.5. The topological polar surface area (TPSA) is 44.3 Å². The molecule has 3 nitrogen and oxygen atoms in total. The summed E-state index contributed by atoms with van der Waals surface area (Å²) in [5.41, 5.74) is 2.88. The van der Waals surface area contributed by atoms with Gasteiger partial charge in [-0.3, -0.25) is 0 Å². The third-order valence-electron chi connectivity index (χ3n) is 6.74. The van der Waals surface area contributed by atoms with Crippen molar-refractivity contribution in [3.05, 3.63) is 23.3 Å². The molecule has 4 saturated carbocycles. The van der Waals surface area contributed by atoms with Gasteiger partial charge in [-0.15, -0.1) is 0 Å². The second-order valence-corrected chi connectivity index (χ2v) is 9.04. The predicted molar refractivity (Wildman–Crippen MR) is 106 cm³/mol. The molecule has 0 amide bonds. The fraction of sp³-hybridized carbons (Fsp3) is 0.818. The van der Waals surface area contributed by atoms with E-state index in [4.69, 9.17) is 0 Å². The number of nitrogens with one attached hydrogen (secondary N) is 2. The highest BCUT2D eigenvalue weighted by atomic mass is 16.3. The summed E-state index contributed by atoms with van der Waals surface area (Å²) in [5.74, 6) is 2.86. The smallest absolute Gasteiger partial charge is 0.0611 e. The van der Waals surface area contributed by atoms with Crippen LogP contribution in [-0.4, -0.2) is 36.9 Å². The molecule has 0 aliphatic heterocycles. The van der Waals surface area contributed by atoms with Crippen LogP contribution in [0.5, 0.6) is 0 Å². The van der Waals surface area contributed by atoms with Crippen molar-refractivity contribution in [3.63, 3.8) is 0 Å². The first-order valence-electron chi connectivity index (χ1n) is 10.5. The van der Waals surface area contributed by atoms with Crippen molar-refractivity contribution < 1.29 is 5.11 Å². The Hall–Kier alpha value is -0.640. The molecule has 3 N–H and O–H groups in total. The lowest BCUT2D eigenvalue weighted by Gasteiger charge is -2.57. The minimum atomic E-state index is -0.0374. The highest BCUT2D eigenvalue weighted by Gasteiger charge is 2.52. The molecule has 0 aromatic heterocycles. The quantitative estimate of drug-likeness (QED) is 0.441. The van der Waals surface area contributed by atoms with Crippen molar-refractivity contribution in [2.75, 3.05) is 19.6 Å². The van der Waals surface area contributed by atoms with E-state index >= 15 is 0 Å². The Kier molecular flexibility index (Phi) is 6.76. The van der Waals surface area contributed by atoms with Crippen molar-refractivity contribution in [2.45, 2.75) is 71.4 Å². The van der Waals surface area contributed by atoms with E-state index in [2.05, 4.69) is 43.6 Å². The Bertz CT molecular complexity index is 494. The van der Waals surface area contributed by atoms with Crippen LogP contribution in [0.25, 0.3) is 0 Å². The maximum Gasteiger partial charge on any atom is 0.0611 e. The molecule has 0 heterocycles. The van der Waals surface area contributed by atoms with Gasteiger partial charge in [-0.05, 0) is 77.0 Å². The summed E-state index contributed by atoms with van der Waals surface area (Å²) in [5, 5.41) is 17.8. The van der Waals surface area contributed by atoms with E-state index in [1.54, 1.807) is 0 Å². The zero-order valence-electron chi connectivity index (χ0n) is 16.4. The molecule has 0 aromatic rings. The van der Waals surface area contributed by atoms with Gasteiger partial charge in [0.2, 0.25) is 0 Å². The molecule has 25 heavy (non-hydrogen) atoms. The largest absolute Gasteiger partial charge is 0.392 e. The Balaban J connectivity index is 1.31. The van der Waals surface area contributed by atoms with Crippen LogP contribution in [0.1, 0.15) is 59.3 Å². The molecular formula is C22H38N2O. The average Bonchev–Trinajstić information content (AvgIpc) is 2.56. The fourth-order valence-electron chi connectivity index (χ4n) is 5.57. The summed E-state index contributed by atoms with van der Waals surface area (Å²) in [6.07, 6.45) is 12.1. The van der Waals surface area contributed by atoms with Crippen LogP contribution >= 0.6 is 0 Å². The van der Waals surface area contributed by atoms with Crippen LogP contribution in [0, 0.1) is 23.7 Å². The zero-order chi connectivity index (χ0) is 17.8. The Morgan fingerprint density at radius 1 is 1.00 bits per heavy atom. The molecule has 4 bridgehead atoms. The standard InChI is InChI=1S/C22H38N2O/c1-15(2)5-4-6-16(3)7-8-23-9-10-24-21-18-11-17-12-19(14-18)22(25)20(21)13-17/h5,7,17-25H,4,6,8-14H2,1-3H3/b16-7+. The molecule has 3 heteroatoms. The van der Waals surface area contributed by atoms with Crippen molar-refractivity contribution in [3.8, 4) is 0 Å². The van der Waals surface area contributed by atoms with Gasteiger partial charge in [-0.2, -0.15) is 0 Å². The first-order valence-corrected chi connectivity index (χ1v) is 10.5. The van der Waals surface area contributed by atoms with E-state index in [9.17, 15) is 5.11 Å². The van der Waals surface area contributed by atoms with Crippen LogP contribution in [0.2, 0.25) is 0 Å². The maximum atomic E-state index is 10.5. The normalized spacial score (nSPS) is 36.7. The first-order chi connectivity index (χ1) is 12.0. The summed E-state index contributed by atoms with van der Waals surface area (Å²) in [6, 6.07) is 0.561. The fourth-order valence-corrected chi connectivity index (χ4v) is 5.57. The Morgan fingerprint density at radius 2 is 1.80 bits per heavy atom. The van der Waals surface area contributed by atoms with Gasteiger partial charge in [0.25, 0.3) is 0 Å². The highest BCUT2D eigenvalue weighted by Crippen LogP contribution is 2.53. The molecule has 6 unspecified atom stereocenters. The number of hydrogen-bond acceptors (Lipinski definition) is 3. The van der Waals surface area contributed by atoms with Crippen LogP contribution < -0.4 is 10.6 Å². The van der Waals surface area contributed by atoms with Crippen molar-refractivity contribution in [1.82, 2.24) is 10.6 Å². The van der Waals surface area contributed by atoms with Gasteiger partial charge < -0.3 is 15.7 Å². The highest BCUT2D eigenvalue weighted by molar-refractivity contribution is 5.06. The first kappa shape index (κ1) is 19.1. The molecule has 0 radical (unpaired) electrons. The zero-order valence-corrected chi connectivity index (χ0v) is 16.4. The molecular weight excluding hydrogens is 308 g/mol. The molecule has 0 saturated heterocycles. The summed E-state index contributed by atoms with van der Waals surface area (Å²) in [6.45, 7) is 9.55. The number of rotatable bonds is 9. The number of aliphatic hydroxyl groups is 1. The van der Waals surface area contributed by atoms with Crippen LogP contribution in [0.15, 0.2) is 23.3 Å². The van der Waals surface area contributed by atoms with E-state index in [0.29, 0.717) is 17.9 Å². The second kappa shape index (κ2) is 8.83. The molecule has 6 atom stereocenters. The Morgan fingerprint density at radius 3 is 2.60 bits per heavy atom.